The van der Waals surface area contributed by atoms with Gasteiger partial charge in [0.2, 0.25) is 5.24 Å². The van der Waals surface area contributed by atoms with E-state index in [4.69, 9.17) is 4.74 Å². The van der Waals surface area contributed by atoms with Gasteiger partial charge in [0.25, 0.3) is 0 Å². The van der Waals surface area contributed by atoms with Crippen molar-refractivity contribution < 1.29 is 19.4 Å². The lowest BCUT2D eigenvalue weighted by Gasteiger charge is -2.10. The highest BCUT2D eigenvalue weighted by molar-refractivity contribution is 9.11. The smallest absolute Gasteiger partial charge is 0.308 e. The van der Waals surface area contributed by atoms with Crippen LogP contribution >= 0.6 is 75.3 Å². The average Bonchev–Trinajstić information content (AvgIpc) is 2.92. The van der Waals surface area contributed by atoms with E-state index in [1.54, 1.807) is 12.1 Å². The summed E-state index contributed by atoms with van der Waals surface area (Å²) in [6, 6.07) is 18.7. The van der Waals surface area contributed by atoms with Crippen molar-refractivity contribution in [3.05, 3.63) is 78.6 Å². The zero-order valence-corrected chi connectivity index (χ0v) is 28.2. The highest BCUT2D eigenvalue weighted by atomic mass is 79.9. The molecule has 208 valence electrons. The van der Waals surface area contributed by atoms with Gasteiger partial charge in [-0.05, 0) is 112 Å². The number of ether oxygens (including phenoxy) is 1. The highest BCUT2D eigenvalue weighted by Gasteiger charge is 2.16. The third-order valence-corrected chi connectivity index (χ3v) is 7.63. The second kappa shape index (κ2) is 13.5. The molecule has 6 aromatic rings. The predicted octanol–water partition coefficient (Wildman–Crippen LogP) is 9.02. The molecule has 0 spiro atoms. The summed E-state index contributed by atoms with van der Waals surface area (Å²) in [7, 11) is 0. The number of benzene rings is 4. The maximum Gasteiger partial charge on any atom is 0.308 e. The van der Waals surface area contributed by atoms with E-state index >= 15 is 0 Å². The van der Waals surface area contributed by atoms with E-state index < -0.39 is 5.97 Å². The topological polar surface area (TPSA) is 115 Å². The fraction of sp³-hybridized carbons (Fsp3) is 0.0714. The molecule has 2 heterocycles. The van der Waals surface area contributed by atoms with Crippen molar-refractivity contribution >= 4 is 131 Å². The Morgan fingerprint density at radius 2 is 1.02 bits per heavy atom. The standard InChI is InChI=1S/C14H8Br2N2O2.C12H6Br2N2O.C2H3ClO/c1-7(19)20-14-9(16)6-8(15)12-13(14)18-11-5-3-2-4-10(11)17-12;13-6-5-7(14)12(17)11-10(6)15-8-3-1-2-4-9(8)16-11;1-2(3)4/h2-6H,1H3;1-5,17H;1H3. The van der Waals surface area contributed by atoms with Gasteiger partial charge in [-0.3, -0.25) is 9.59 Å². The number of halogens is 5. The number of carbonyl (C=O) groups is 2. The van der Waals surface area contributed by atoms with Gasteiger partial charge in [0.05, 0.1) is 31.0 Å². The van der Waals surface area contributed by atoms with Crippen molar-refractivity contribution in [2.75, 3.05) is 0 Å². The number of rotatable bonds is 1. The predicted molar refractivity (Wildman–Crippen MR) is 174 cm³/mol. The van der Waals surface area contributed by atoms with Crippen LogP contribution in [0.3, 0.4) is 0 Å². The lowest BCUT2D eigenvalue weighted by molar-refractivity contribution is -0.131. The summed E-state index contributed by atoms with van der Waals surface area (Å²) in [6.07, 6.45) is 0. The summed E-state index contributed by atoms with van der Waals surface area (Å²) in [5.41, 5.74) is 5.45. The maximum atomic E-state index is 11.3. The number of phenols is 1. The molecular formula is C28H17Br4ClN4O4. The van der Waals surface area contributed by atoms with Gasteiger partial charge in [0, 0.05) is 22.8 Å². The molecule has 2 aromatic heterocycles. The number of fused-ring (bicyclic) bond motifs is 4. The molecule has 0 atom stereocenters. The number of aromatic hydroxyl groups is 1. The normalized spacial score (nSPS) is 10.6. The minimum absolute atomic E-state index is 0.112. The number of aromatic nitrogens is 4. The molecule has 0 unspecified atom stereocenters. The van der Waals surface area contributed by atoms with Gasteiger partial charge in [0.15, 0.2) is 11.5 Å². The summed E-state index contributed by atoms with van der Waals surface area (Å²) in [6.45, 7) is 2.65. The molecule has 0 radical (unpaired) electrons. The van der Waals surface area contributed by atoms with Gasteiger partial charge in [-0.25, -0.2) is 19.9 Å². The first-order valence-electron chi connectivity index (χ1n) is 11.6. The van der Waals surface area contributed by atoms with Gasteiger partial charge in [-0.1, -0.05) is 24.3 Å². The lowest BCUT2D eigenvalue weighted by Crippen LogP contribution is -2.04. The van der Waals surface area contributed by atoms with Crippen LogP contribution in [0.25, 0.3) is 44.1 Å². The van der Waals surface area contributed by atoms with Crippen LogP contribution in [0.15, 0.2) is 78.6 Å². The Labute approximate surface area is 272 Å². The van der Waals surface area contributed by atoms with Crippen molar-refractivity contribution in [3.63, 3.8) is 0 Å². The number of hydrogen-bond donors (Lipinski definition) is 1. The number of para-hydroxylation sites is 4. The largest absolute Gasteiger partial charge is 0.504 e. The van der Waals surface area contributed by atoms with Crippen molar-refractivity contribution in [3.8, 4) is 11.5 Å². The van der Waals surface area contributed by atoms with Gasteiger partial charge in [-0.15, -0.1) is 0 Å². The van der Waals surface area contributed by atoms with Gasteiger partial charge in [-0.2, -0.15) is 0 Å². The second-order valence-electron chi connectivity index (χ2n) is 8.24. The van der Waals surface area contributed by atoms with E-state index in [9.17, 15) is 14.7 Å². The van der Waals surface area contributed by atoms with Crippen molar-refractivity contribution in [1.82, 2.24) is 19.9 Å². The van der Waals surface area contributed by atoms with Crippen LogP contribution in [0, 0.1) is 0 Å². The van der Waals surface area contributed by atoms with Crippen LogP contribution < -0.4 is 4.74 Å². The molecule has 0 aliphatic carbocycles. The Bertz CT molecular complexity index is 1970. The first-order chi connectivity index (χ1) is 19.5. The SMILES string of the molecule is CC(=O)Cl.CC(=O)Oc1c(Br)cc(Br)c2nc3ccccc3nc12.Oc1c(Br)cc(Br)c2nc3ccccc3nc12. The summed E-state index contributed by atoms with van der Waals surface area (Å²) < 4.78 is 8.09. The van der Waals surface area contributed by atoms with E-state index in [0.29, 0.717) is 36.8 Å². The Kier molecular flexibility index (Phi) is 10.2. The van der Waals surface area contributed by atoms with E-state index in [2.05, 4.69) is 95.3 Å². The molecule has 13 heteroatoms. The average molecular weight is 829 g/mol. The summed E-state index contributed by atoms with van der Waals surface area (Å²) in [5.74, 6) is 0.0969. The molecule has 0 bridgehead atoms. The molecule has 0 saturated heterocycles. The number of nitrogens with zero attached hydrogens (tertiary/aromatic N) is 4. The summed E-state index contributed by atoms with van der Waals surface area (Å²) in [5, 5.41) is 9.61. The second-order valence-corrected chi connectivity index (χ2v) is 12.2. The Morgan fingerprint density at radius 3 is 1.46 bits per heavy atom. The fourth-order valence-electron chi connectivity index (χ4n) is 3.62. The van der Waals surface area contributed by atoms with Crippen LogP contribution in [0.5, 0.6) is 11.5 Å². The first-order valence-corrected chi connectivity index (χ1v) is 15.1. The number of phenolic OH excluding ortho intramolecular Hbond substituents is 1. The molecule has 8 nitrogen and oxygen atoms in total. The quantitative estimate of drug-likeness (QED) is 0.0757. The third kappa shape index (κ3) is 7.36. The molecule has 0 fully saturated rings. The molecule has 0 amide bonds. The molecule has 41 heavy (non-hydrogen) atoms. The molecule has 6 rings (SSSR count). The minimum atomic E-state index is -0.399. The lowest BCUT2D eigenvalue weighted by atomic mass is 10.2. The molecular weight excluding hydrogens is 811 g/mol. The van der Waals surface area contributed by atoms with Crippen molar-refractivity contribution in [2.45, 2.75) is 13.8 Å². The number of esters is 1. The maximum absolute atomic E-state index is 11.3. The zero-order chi connectivity index (χ0) is 29.8. The monoisotopic (exact) mass is 824 g/mol. The van der Waals surface area contributed by atoms with E-state index in [-0.39, 0.29) is 11.0 Å². The Morgan fingerprint density at radius 1 is 0.659 bits per heavy atom. The van der Waals surface area contributed by atoms with E-state index in [1.165, 1.54) is 13.8 Å². The Balaban J connectivity index is 0.000000169. The van der Waals surface area contributed by atoms with Crippen LogP contribution in [0.4, 0.5) is 0 Å². The highest BCUT2D eigenvalue weighted by Crippen LogP contribution is 2.38. The van der Waals surface area contributed by atoms with E-state index in [0.717, 1.165) is 31.0 Å². The summed E-state index contributed by atoms with van der Waals surface area (Å²) in [4.78, 5) is 38.5. The number of carbonyl (C=O) groups excluding carboxylic acids is 2. The van der Waals surface area contributed by atoms with Crippen LogP contribution in [-0.2, 0) is 9.59 Å². The first kappa shape index (κ1) is 31.2. The van der Waals surface area contributed by atoms with Gasteiger partial charge in [0.1, 0.15) is 22.1 Å². The van der Waals surface area contributed by atoms with Crippen molar-refractivity contribution in [2.24, 2.45) is 0 Å². The van der Waals surface area contributed by atoms with Gasteiger partial charge >= 0.3 is 5.97 Å². The molecule has 4 aromatic carbocycles. The molecule has 1 N–H and O–H groups in total. The van der Waals surface area contributed by atoms with Gasteiger partial charge < -0.3 is 9.84 Å². The number of hydrogen-bond acceptors (Lipinski definition) is 8. The van der Waals surface area contributed by atoms with Crippen LogP contribution in [-0.4, -0.2) is 36.3 Å². The van der Waals surface area contributed by atoms with Crippen LogP contribution in [0.1, 0.15) is 13.8 Å². The summed E-state index contributed by atoms with van der Waals surface area (Å²) >= 11 is 18.2. The zero-order valence-electron chi connectivity index (χ0n) is 21.1. The fourth-order valence-corrected chi connectivity index (χ4v) is 6.16. The minimum Gasteiger partial charge on any atom is -0.504 e. The molecule has 0 saturated carbocycles. The van der Waals surface area contributed by atoms with E-state index in [1.807, 2.05) is 48.5 Å². The Hall–Kier alpha value is -2.77. The van der Waals surface area contributed by atoms with Crippen molar-refractivity contribution in [1.29, 1.82) is 0 Å². The molecule has 0 aliphatic rings. The molecule has 0 aliphatic heterocycles. The third-order valence-electron chi connectivity index (χ3n) is 5.23. The van der Waals surface area contributed by atoms with Crippen LogP contribution in [0.2, 0.25) is 0 Å².